The molecule has 0 fully saturated rings. The van der Waals surface area contributed by atoms with E-state index in [0.29, 0.717) is 11.3 Å². The van der Waals surface area contributed by atoms with Gasteiger partial charge in [0.1, 0.15) is 12.4 Å². The van der Waals surface area contributed by atoms with Crippen molar-refractivity contribution < 1.29 is 23.1 Å². The molecule has 0 aliphatic carbocycles. The fourth-order valence-electron chi connectivity index (χ4n) is 2.29. The first-order chi connectivity index (χ1) is 13.4. The monoisotopic (exact) mass is 385 g/mol. The molecule has 0 saturated heterocycles. The average molecular weight is 385 g/mol. The number of rotatable bonds is 6. The number of amides is 1. The van der Waals surface area contributed by atoms with Crippen LogP contribution in [0.4, 0.5) is 10.1 Å². The van der Waals surface area contributed by atoms with Crippen molar-refractivity contribution in [3.05, 3.63) is 71.0 Å². The van der Waals surface area contributed by atoms with E-state index in [1.807, 2.05) is 0 Å². The van der Waals surface area contributed by atoms with E-state index in [-0.39, 0.29) is 5.89 Å². The second-order valence-electron chi connectivity index (χ2n) is 5.83. The Bertz CT molecular complexity index is 1030. The maximum Gasteiger partial charge on any atom is 0.437 e. The molecule has 9 heteroatoms. The standard InChI is InChI=1S/C19H16FN3O5/c1-12(17(25)21-15-9-7-14(20)8-10-15)27-16(24)11-23-19(26)28-18(22-23)13-5-3-2-4-6-13/h2-10,12H,11H2,1H3,(H,21,25)/t12-/m0/s1. The van der Waals surface area contributed by atoms with Crippen LogP contribution in [0.1, 0.15) is 6.92 Å². The van der Waals surface area contributed by atoms with Crippen LogP contribution < -0.4 is 11.1 Å². The number of nitrogens with one attached hydrogen (secondary N) is 1. The number of ether oxygens (including phenoxy) is 1. The van der Waals surface area contributed by atoms with Crippen LogP contribution in [-0.4, -0.2) is 27.8 Å². The number of halogens is 1. The smallest absolute Gasteiger partial charge is 0.437 e. The zero-order valence-electron chi connectivity index (χ0n) is 14.8. The molecule has 0 radical (unpaired) electrons. The number of carbonyl (C=O) groups excluding carboxylic acids is 2. The van der Waals surface area contributed by atoms with Gasteiger partial charge in [-0.25, -0.2) is 9.18 Å². The molecule has 0 aliphatic heterocycles. The predicted molar refractivity (Wildman–Crippen MR) is 96.8 cm³/mol. The minimum absolute atomic E-state index is 0.0699. The Kier molecular flexibility index (Phi) is 5.64. The molecule has 0 bridgehead atoms. The lowest BCUT2D eigenvalue weighted by molar-refractivity contribution is -0.154. The van der Waals surface area contributed by atoms with Crippen LogP contribution in [0.25, 0.3) is 11.5 Å². The molecule has 1 N–H and O–H groups in total. The minimum atomic E-state index is -1.13. The van der Waals surface area contributed by atoms with Gasteiger partial charge in [0.15, 0.2) is 6.10 Å². The quantitative estimate of drug-likeness (QED) is 0.653. The van der Waals surface area contributed by atoms with Gasteiger partial charge in [0.05, 0.1) is 0 Å². The van der Waals surface area contributed by atoms with Crippen LogP contribution in [-0.2, 0) is 20.9 Å². The number of esters is 1. The molecular formula is C19H16FN3O5. The first-order valence-corrected chi connectivity index (χ1v) is 8.31. The largest absolute Gasteiger partial charge is 0.451 e. The Balaban J connectivity index is 1.59. The first-order valence-electron chi connectivity index (χ1n) is 8.31. The fraction of sp³-hybridized carbons (Fsp3) is 0.158. The second kappa shape index (κ2) is 8.30. The number of benzene rings is 2. The summed E-state index contributed by atoms with van der Waals surface area (Å²) in [5, 5.41) is 6.44. The molecule has 1 heterocycles. The molecule has 3 aromatic rings. The number of hydrogen-bond acceptors (Lipinski definition) is 6. The van der Waals surface area contributed by atoms with Gasteiger partial charge in [-0.15, -0.1) is 5.10 Å². The lowest BCUT2D eigenvalue weighted by Crippen LogP contribution is -2.32. The predicted octanol–water partition coefficient (Wildman–Crippen LogP) is 2.21. The molecule has 0 unspecified atom stereocenters. The van der Waals surface area contributed by atoms with Crippen molar-refractivity contribution in [2.45, 2.75) is 19.6 Å². The van der Waals surface area contributed by atoms with Crippen LogP contribution in [0.15, 0.2) is 63.8 Å². The van der Waals surface area contributed by atoms with Gasteiger partial charge in [-0.1, -0.05) is 18.2 Å². The summed E-state index contributed by atoms with van der Waals surface area (Å²) in [4.78, 5) is 35.9. The average Bonchev–Trinajstić information content (AvgIpc) is 3.04. The molecule has 0 spiro atoms. The van der Waals surface area contributed by atoms with Crippen molar-refractivity contribution in [1.82, 2.24) is 9.78 Å². The summed E-state index contributed by atoms with van der Waals surface area (Å²) in [6.07, 6.45) is -1.13. The van der Waals surface area contributed by atoms with Crippen LogP contribution in [0.3, 0.4) is 0 Å². The normalized spacial score (nSPS) is 11.6. The summed E-state index contributed by atoms with van der Waals surface area (Å²) in [6.45, 7) is 0.862. The van der Waals surface area contributed by atoms with Crippen LogP contribution >= 0.6 is 0 Å². The molecule has 28 heavy (non-hydrogen) atoms. The third kappa shape index (κ3) is 4.70. The van der Waals surface area contributed by atoms with Gasteiger partial charge in [-0.05, 0) is 43.3 Å². The zero-order valence-corrected chi connectivity index (χ0v) is 14.8. The fourth-order valence-corrected chi connectivity index (χ4v) is 2.29. The molecule has 2 aromatic carbocycles. The Morgan fingerprint density at radius 3 is 2.54 bits per heavy atom. The molecular weight excluding hydrogens is 369 g/mol. The van der Waals surface area contributed by atoms with Crippen molar-refractivity contribution in [3.63, 3.8) is 0 Å². The molecule has 8 nitrogen and oxygen atoms in total. The molecule has 144 valence electrons. The van der Waals surface area contributed by atoms with Gasteiger partial charge < -0.3 is 14.5 Å². The van der Waals surface area contributed by atoms with Crippen molar-refractivity contribution in [2.75, 3.05) is 5.32 Å². The van der Waals surface area contributed by atoms with E-state index < -0.39 is 36.1 Å². The van der Waals surface area contributed by atoms with Gasteiger partial charge >= 0.3 is 11.7 Å². The third-order valence-corrected chi connectivity index (χ3v) is 3.70. The summed E-state index contributed by atoms with van der Waals surface area (Å²) in [7, 11) is 0. The van der Waals surface area contributed by atoms with Crippen LogP contribution in [0.5, 0.6) is 0 Å². The van der Waals surface area contributed by atoms with E-state index >= 15 is 0 Å². The zero-order chi connectivity index (χ0) is 20.1. The summed E-state index contributed by atoms with van der Waals surface area (Å²) in [5.41, 5.74) is 0.938. The first kappa shape index (κ1) is 19.0. The summed E-state index contributed by atoms with van der Waals surface area (Å²) in [6, 6.07) is 13.8. The van der Waals surface area contributed by atoms with Crippen molar-refractivity contribution in [1.29, 1.82) is 0 Å². The number of hydrogen-bond donors (Lipinski definition) is 1. The summed E-state index contributed by atoms with van der Waals surface area (Å²) in [5.74, 6) is -2.63. The van der Waals surface area contributed by atoms with Gasteiger partial charge in [0.2, 0.25) is 5.89 Å². The Morgan fingerprint density at radius 1 is 1.18 bits per heavy atom. The lowest BCUT2D eigenvalue weighted by atomic mass is 10.2. The van der Waals surface area contributed by atoms with E-state index in [2.05, 4.69) is 10.4 Å². The Morgan fingerprint density at radius 2 is 1.86 bits per heavy atom. The Hall–Kier alpha value is -3.75. The summed E-state index contributed by atoms with van der Waals surface area (Å²) < 4.78 is 23.7. The molecule has 0 saturated carbocycles. The number of carbonyl (C=O) groups is 2. The van der Waals surface area contributed by atoms with Gasteiger partial charge in [-0.2, -0.15) is 4.68 Å². The highest BCUT2D eigenvalue weighted by Crippen LogP contribution is 2.14. The Labute approximate surface area is 158 Å². The van der Waals surface area contributed by atoms with E-state index in [0.717, 1.165) is 4.68 Å². The van der Waals surface area contributed by atoms with E-state index in [9.17, 15) is 18.8 Å². The van der Waals surface area contributed by atoms with Gasteiger partial charge in [-0.3, -0.25) is 9.59 Å². The maximum atomic E-state index is 12.9. The summed E-state index contributed by atoms with van der Waals surface area (Å²) >= 11 is 0. The molecule has 3 rings (SSSR count). The van der Waals surface area contributed by atoms with Crippen LogP contribution in [0, 0.1) is 5.82 Å². The van der Waals surface area contributed by atoms with Crippen LogP contribution in [0.2, 0.25) is 0 Å². The maximum absolute atomic E-state index is 12.9. The highest BCUT2D eigenvalue weighted by Gasteiger charge is 2.20. The van der Waals surface area contributed by atoms with E-state index in [4.69, 9.17) is 9.15 Å². The van der Waals surface area contributed by atoms with Gasteiger partial charge in [0.25, 0.3) is 5.91 Å². The van der Waals surface area contributed by atoms with Crippen molar-refractivity contribution in [2.24, 2.45) is 0 Å². The van der Waals surface area contributed by atoms with Crippen molar-refractivity contribution in [3.8, 4) is 11.5 Å². The molecule has 0 aliphatic rings. The van der Waals surface area contributed by atoms with Crippen molar-refractivity contribution >= 4 is 17.6 Å². The number of aromatic nitrogens is 2. The molecule has 1 aromatic heterocycles. The van der Waals surface area contributed by atoms with E-state index in [1.165, 1.54) is 31.2 Å². The SMILES string of the molecule is C[C@H](OC(=O)Cn1nc(-c2ccccc2)oc1=O)C(=O)Nc1ccc(F)cc1. The molecule has 1 amide bonds. The highest BCUT2D eigenvalue weighted by molar-refractivity contribution is 5.95. The third-order valence-electron chi connectivity index (χ3n) is 3.70. The second-order valence-corrected chi connectivity index (χ2v) is 5.83. The lowest BCUT2D eigenvalue weighted by Gasteiger charge is -2.13. The van der Waals surface area contributed by atoms with Gasteiger partial charge in [0, 0.05) is 11.3 Å². The minimum Gasteiger partial charge on any atom is -0.451 e. The number of anilines is 1. The van der Waals surface area contributed by atoms with E-state index in [1.54, 1.807) is 30.3 Å². The molecule has 1 atom stereocenters. The number of nitrogens with zero attached hydrogens (tertiary/aromatic N) is 2. The topological polar surface area (TPSA) is 103 Å². The highest BCUT2D eigenvalue weighted by atomic mass is 19.1.